The molecule has 13 N–H and O–H groups in total. The van der Waals surface area contributed by atoms with Crippen molar-refractivity contribution in [3.63, 3.8) is 0 Å². The summed E-state index contributed by atoms with van der Waals surface area (Å²) in [5.74, 6) is -0.563. The standard InChI is InChI=1S/C38H59N13O21/c1-15(55)41-23-34(68-13-18-7-51(48-44-18)37-32(64)29(61)26(58)21(10-54)71-37)33(67-12-17-6-50(47-43-17)36-31(63)28(60)25(57)20(9-53)70-36)22(72-38(23)66-4-2-3-40-45-39)14-65-11-16-5-49(46-42-16)35-30(62)27(59)24(56)19(8-52)69-35/h5-7,19-38,52-54,56-64H,2-4,8-14H2,1H3,(H,41,55)/t19-,20-,21-,22-,23-,24+,25+,26+,27+,28+,29+,30-,31-,32-,33-,34-,35-,36-,37-,38-/m1/s1. The molecule has 0 aliphatic carbocycles. The summed E-state index contributed by atoms with van der Waals surface area (Å²) in [6.45, 7) is -2.28. The molecule has 0 saturated carbocycles. The van der Waals surface area contributed by atoms with Crippen LogP contribution in [0, 0.1) is 0 Å². The van der Waals surface area contributed by atoms with Crippen molar-refractivity contribution in [1.82, 2.24) is 50.3 Å². The number of rotatable bonds is 22. The first-order valence-electron chi connectivity index (χ1n) is 22.6. The monoisotopic (exact) mass is 1030 g/mol. The smallest absolute Gasteiger partial charge is 0.217 e. The molecule has 0 aromatic carbocycles. The summed E-state index contributed by atoms with van der Waals surface area (Å²) in [4.78, 5) is 15.6. The van der Waals surface area contributed by atoms with Crippen molar-refractivity contribution < 1.29 is 104 Å². The minimum absolute atomic E-state index is 0.0456. The van der Waals surface area contributed by atoms with E-state index >= 15 is 0 Å². The van der Waals surface area contributed by atoms with Gasteiger partial charge in [0.15, 0.2) is 25.0 Å². The minimum atomic E-state index is -1.72. The van der Waals surface area contributed by atoms with Gasteiger partial charge in [0.1, 0.15) is 115 Å². The highest BCUT2D eigenvalue weighted by molar-refractivity contribution is 5.73. The zero-order chi connectivity index (χ0) is 51.8. The number of aliphatic hydroxyl groups is 12. The fourth-order valence-corrected chi connectivity index (χ4v) is 8.40. The van der Waals surface area contributed by atoms with Crippen molar-refractivity contribution >= 4 is 5.91 Å². The Bertz CT molecular complexity index is 2220. The lowest BCUT2D eigenvalue weighted by Gasteiger charge is -2.46. The molecular weight excluding hydrogens is 974 g/mol. The number of carbonyl (C=O) groups excluding carboxylic acids is 1. The molecule has 7 rings (SSSR count). The molecule has 4 aliphatic rings. The van der Waals surface area contributed by atoms with E-state index in [-0.39, 0.29) is 49.9 Å². The number of amides is 1. The predicted octanol–water partition coefficient (Wildman–Crippen LogP) is -7.99. The second-order valence-corrected chi connectivity index (χ2v) is 17.2. The van der Waals surface area contributed by atoms with E-state index in [0.717, 1.165) is 14.0 Å². The molecular formula is C38H59N13O21. The first kappa shape index (κ1) is 55.2. The van der Waals surface area contributed by atoms with Crippen LogP contribution < -0.4 is 5.32 Å². The first-order chi connectivity index (χ1) is 34.6. The van der Waals surface area contributed by atoms with Crippen LogP contribution in [0.4, 0.5) is 0 Å². The maximum atomic E-state index is 12.9. The molecule has 0 bridgehead atoms. The summed E-state index contributed by atoms with van der Waals surface area (Å²) < 4.78 is 51.5. The van der Waals surface area contributed by atoms with Gasteiger partial charge in [0.2, 0.25) is 5.91 Å². The van der Waals surface area contributed by atoms with Gasteiger partial charge in [-0.25, -0.2) is 14.0 Å². The highest BCUT2D eigenvalue weighted by Gasteiger charge is 2.51. The van der Waals surface area contributed by atoms with Crippen LogP contribution in [0.2, 0.25) is 0 Å². The van der Waals surface area contributed by atoms with Gasteiger partial charge in [-0.05, 0) is 12.0 Å². The predicted molar refractivity (Wildman–Crippen MR) is 225 cm³/mol. The van der Waals surface area contributed by atoms with Gasteiger partial charge in [0.25, 0.3) is 0 Å². The summed E-state index contributed by atoms with van der Waals surface area (Å²) in [7, 11) is 0. The molecule has 7 heterocycles. The number of azide groups is 1. The van der Waals surface area contributed by atoms with E-state index in [1.807, 2.05) is 0 Å². The van der Waals surface area contributed by atoms with E-state index in [9.17, 15) is 66.1 Å². The number of carbonyl (C=O) groups is 1. The van der Waals surface area contributed by atoms with Crippen LogP contribution in [-0.2, 0) is 62.5 Å². The Morgan fingerprint density at radius 2 is 1.06 bits per heavy atom. The number of aromatic nitrogens is 9. The molecule has 1 amide bonds. The fourth-order valence-electron chi connectivity index (χ4n) is 8.40. The molecule has 0 radical (unpaired) electrons. The van der Waals surface area contributed by atoms with Gasteiger partial charge >= 0.3 is 0 Å². The Morgan fingerprint density at radius 1 is 0.625 bits per heavy atom. The van der Waals surface area contributed by atoms with E-state index < -0.39 is 162 Å². The zero-order valence-electron chi connectivity index (χ0n) is 38.3. The van der Waals surface area contributed by atoms with Crippen molar-refractivity contribution in [2.24, 2.45) is 5.11 Å². The molecule has 3 aromatic heterocycles. The van der Waals surface area contributed by atoms with Gasteiger partial charge in [-0.3, -0.25) is 4.79 Å². The van der Waals surface area contributed by atoms with Crippen LogP contribution in [0.5, 0.6) is 0 Å². The molecule has 34 nitrogen and oxygen atoms in total. The summed E-state index contributed by atoms with van der Waals surface area (Å²) >= 11 is 0. The lowest BCUT2D eigenvalue weighted by atomic mass is 9.96. The highest BCUT2D eigenvalue weighted by atomic mass is 16.7. The molecule has 402 valence electrons. The molecule has 34 heteroatoms. The molecule has 20 atom stereocenters. The molecule has 0 spiro atoms. The Hall–Kier alpha value is -4.60. The Morgan fingerprint density at radius 3 is 1.47 bits per heavy atom. The molecule has 4 fully saturated rings. The van der Waals surface area contributed by atoms with Crippen molar-refractivity contribution in [3.05, 3.63) is 46.1 Å². The average molecular weight is 1030 g/mol. The van der Waals surface area contributed by atoms with Gasteiger partial charge < -0.3 is 104 Å². The summed E-state index contributed by atoms with van der Waals surface area (Å²) in [5, 5.41) is 154. The van der Waals surface area contributed by atoms with Crippen molar-refractivity contribution in [2.45, 2.75) is 156 Å². The SMILES string of the molecule is CC(=O)N[C@H]1[C@H](OCCCN=[N+]=[N-])O[C@H](COCc2cn([C@@H]3O[C@H](CO)[C@H](O)[C@H](O)[C@H]3O)nn2)[C@@H](OCc2cn([C@@H]3O[C@H](CO)[C@H](O)[C@H](O)[C@H]3O)nn2)[C@@H]1OCc1cn([C@@H]2O[C@H](CO)[C@H](O)[C@H](O)[C@H]2O)nn1. The summed E-state index contributed by atoms with van der Waals surface area (Å²) in [6, 6.07) is -1.19. The topological polar surface area (TPSA) is 487 Å². The van der Waals surface area contributed by atoms with Crippen molar-refractivity contribution in [1.29, 1.82) is 0 Å². The molecule has 0 unspecified atom stereocenters. The second-order valence-electron chi connectivity index (χ2n) is 17.2. The van der Waals surface area contributed by atoms with Gasteiger partial charge in [-0.2, -0.15) is 0 Å². The number of nitrogens with zero attached hydrogens (tertiary/aromatic N) is 12. The lowest BCUT2D eigenvalue weighted by molar-refractivity contribution is -0.290. The van der Waals surface area contributed by atoms with E-state index in [0.29, 0.717) is 0 Å². The van der Waals surface area contributed by atoms with Crippen LogP contribution >= 0.6 is 0 Å². The lowest BCUT2D eigenvalue weighted by Crippen LogP contribution is -2.66. The van der Waals surface area contributed by atoms with E-state index in [2.05, 4.69) is 46.3 Å². The number of aliphatic hydroxyl groups excluding tert-OH is 12. The van der Waals surface area contributed by atoms with E-state index in [1.165, 1.54) is 25.5 Å². The van der Waals surface area contributed by atoms with Crippen molar-refractivity contribution in [2.75, 3.05) is 39.6 Å². The van der Waals surface area contributed by atoms with Crippen LogP contribution in [0.3, 0.4) is 0 Å². The Kier molecular flexibility index (Phi) is 19.2. The zero-order valence-corrected chi connectivity index (χ0v) is 38.3. The van der Waals surface area contributed by atoms with E-state index in [4.69, 9.17) is 43.4 Å². The number of ether oxygens (including phenoxy) is 8. The van der Waals surface area contributed by atoms with Crippen molar-refractivity contribution in [3.8, 4) is 0 Å². The van der Waals surface area contributed by atoms with Crippen LogP contribution in [0.1, 0.15) is 49.1 Å². The number of hydrogen-bond donors (Lipinski definition) is 13. The first-order valence-corrected chi connectivity index (χ1v) is 22.6. The largest absolute Gasteiger partial charge is 0.394 e. The molecule has 72 heavy (non-hydrogen) atoms. The summed E-state index contributed by atoms with van der Waals surface area (Å²) in [6.07, 6.45) is -23.9. The summed E-state index contributed by atoms with van der Waals surface area (Å²) in [5.41, 5.74) is 9.18. The number of nitrogens with one attached hydrogen (secondary N) is 1. The maximum absolute atomic E-state index is 12.9. The third-order valence-corrected chi connectivity index (χ3v) is 12.2. The molecule has 4 aliphatic heterocycles. The van der Waals surface area contributed by atoms with Crippen LogP contribution in [0.25, 0.3) is 10.4 Å². The minimum Gasteiger partial charge on any atom is -0.394 e. The Labute approximate surface area is 406 Å². The average Bonchev–Trinajstić information content (AvgIpc) is 4.17. The Balaban J connectivity index is 1.16. The number of hydrogen-bond acceptors (Lipinski definition) is 28. The fraction of sp³-hybridized carbons (Fsp3) is 0.816. The third-order valence-electron chi connectivity index (χ3n) is 12.2. The highest BCUT2D eigenvalue weighted by Crippen LogP contribution is 2.33. The third kappa shape index (κ3) is 12.5. The van der Waals surface area contributed by atoms with Gasteiger partial charge in [0, 0.05) is 25.0 Å². The second kappa shape index (κ2) is 25.1. The quantitative estimate of drug-likeness (QED) is 0.0192. The van der Waals surface area contributed by atoms with Gasteiger partial charge in [-0.1, -0.05) is 20.8 Å². The van der Waals surface area contributed by atoms with Crippen LogP contribution in [0.15, 0.2) is 23.7 Å². The molecule has 3 aromatic rings. The van der Waals surface area contributed by atoms with Gasteiger partial charge in [-0.15, -0.1) is 15.3 Å². The van der Waals surface area contributed by atoms with Gasteiger partial charge in [0.05, 0.1) is 64.8 Å². The van der Waals surface area contributed by atoms with Crippen LogP contribution in [-0.4, -0.2) is 256 Å². The maximum Gasteiger partial charge on any atom is 0.217 e. The molecule has 4 saturated heterocycles. The van der Waals surface area contributed by atoms with E-state index in [1.54, 1.807) is 0 Å². The normalized spacial score (nSPS) is 37.3.